The fraction of sp³-hybridized carbons (Fsp3) is 0.250. The molecule has 1 aromatic carbocycles. The smallest absolute Gasteiger partial charge is 0.271 e. The molecule has 0 fully saturated rings. The third-order valence-electron chi connectivity index (χ3n) is 2.19. The Bertz CT molecular complexity index is 529. The Morgan fingerprint density at radius 2 is 2.16 bits per heavy atom. The van der Waals surface area contributed by atoms with E-state index in [0.717, 1.165) is 3.57 Å². The molecule has 0 atom stereocenters. The van der Waals surface area contributed by atoms with Crippen LogP contribution in [0.1, 0.15) is 23.7 Å². The minimum Gasteiger partial charge on any atom is -0.496 e. The van der Waals surface area contributed by atoms with E-state index < -0.39 is 5.91 Å². The van der Waals surface area contributed by atoms with E-state index in [2.05, 4.69) is 33.1 Å². The van der Waals surface area contributed by atoms with Gasteiger partial charge in [-0.05, 0) is 47.7 Å². The van der Waals surface area contributed by atoms with Crippen molar-refractivity contribution in [2.45, 2.75) is 13.3 Å². The molecule has 0 saturated carbocycles. The second-order valence-electron chi connectivity index (χ2n) is 3.78. The molecule has 0 aliphatic carbocycles. The Labute approximate surface area is 124 Å². The highest BCUT2D eigenvalue weighted by molar-refractivity contribution is 14.1. The van der Waals surface area contributed by atoms with Crippen molar-refractivity contribution in [3.63, 3.8) is 0 Å². The summed E-state index contributed by atoms with van der Waals surface area (Å²) >= 11 is 2.08. The molecule has 6 nitrogen and oxygen atoms in total. The molecule has 1 aromatic rings. The predicted octanol–water partition coefficient (Wildman–Crippen LogP) is 1.28. The van der Waals surface area contributed by atoms with E-state index in [4.69, 9.17) is 10.5 Å². The summed E-state index contributed by atoms with van der Waals surface area (Å²) in [7, 11) is 1.56. The van der Waals surface area contributed by atoms with Crippen molar-refractivity contribution in [2.24, 2.45) is 10.8 Å². The number of rotatable bonds is 5. The lowest BCUT2D eigenvalue weighted by Crippen LogP contribution is -2.21. The van der Waals surface area contributed by atoms with Crippen molar-refractivity contribution in [1.82, 2.24) is 5.43 Å². The molecule has 0 aliphatic rings. The number of nitrogens with one attached hydrogen (secondary N) is 1. The first-order valence-electron chi connectivity index (χ1n) is 5.39. The van der Waals surface area contributed by atoms with Gasteiger partial charge in [-0.15, -0.1) is 0 Å². The number of halogens is 1. The van der Waals surface area contributed by atoms with Gasteiger partial charge in [-0.3, -0.25) is 9.59 Å². The van der Waals surface area contributed by atoms with Crippen LogP contribution in [-0.4, -0.2) is 24.6 Å². The molecular formula is C12H14IN3O3. The molecule has 0 saturated heterocycles. The van der Waals surface area contributed by atoms with Crippen LogP contribution >= 0.6 is 22.6 Å². The molecule has 102 valence electrons. The Morgan fingerprint density at radius 3 is 2.68 bits per heavy atom. The molecule has 7 heteroatoms. The summed E-state index contributed by atoms with van der Waals surface area (Å²) in [6.07, 6.45) is 0.0143. The zero-order chi connectivity index (χ0) is 14.4. The Morgan fingerprint density at radius 1 is 1.47 bits per heavy atom. The van der Waals surface area contributed by atoms with Gasteiger partial charge >= 0.3 is 0 Å². The molecular weight excluding hydrogens is 361 g/mol. The summed E-state index contributed by atoms with van der Waals surface area (Å²) in [5.74, 6) is -0.149. The standard InChI is InChI=1S/C12H14IN3O3/c1-7(5-11(14)17)15-16-12(18)8-3-4-10(19-2)9(13)6-8/h3-4,6H,5H2,1-2H3,(H2,14,17)(H,16,18)/b15-7+. The number of amides is 2. The quantitative estimate of drug-likeness (QED) is 0.461. The molecule has 0 spiro atoms. The average molecular weight is 375 g/mol. The van der Waals surface area contributed by atoms with Gasteiger partial charge in [-0.25, -0.2) is 5.43 Å². The first kappa shape index (κ1) is 15.4. The number of carbonyl (C=O) groups excluding carboxylic acids is 2. The lowest BCUT2D eigenvalue weighted by Gasteiger charge is -2.05. The highest BCUT2D eigenvalue weighted by atomic mass is 127. The third kappa shape index (κ3) is 4.86. The third-order valence-corrected chi connectivity index (χ3v) is 3.04. The van der Waals surface area contributed by atoms with Crippen LogP contribution in [0.25, 0.3) is 0 Å². The zero-order valence-electron chi connectivity index (χ0n) is 10.6. The summed E-state index contributed by atoms with van der Waals surface area (Å²) in [5.41, 5.74) is 8.29. The van der Waals surface area contributed by atoms with Crippen molar-refractivity contribution < 1.29 is 14.3 Å². The monoisotopic (exact) mass is 375 g/mol. The summed E-state index contributed by atoms with van der Waals surface area (Å²) in [4.78, 5) is 22.5. The number of ether oxygens (including phenoxy) is 1. The van der Waals surface area contributed by atoms with E-state index in [1.165, 1.54) is 0 Å². The molecule has 0 bridgehead atoms. The van der Waals surface area contributed by atoms with Crippen LogP contribution in [0.4, 0.5) is 0 Å². The summed E-state index contributed by atoms with van der Waals surface area (Å²) in [6, 6.07) is 5.03. The van der Waals surface area contributed by atoms with Gasteiger partial charge in [0.15, 0.2) is 0 Å². The van der Waals surface area contributed by atoms with Crippen molar-refractivity contribution in [2.75, 3.05) is 7.11 Å². The Kier molecular flexibility index (Phi) is 5.74. The Balaban J connectivity index is 2.73. The van der Waals surface area contributed by atoms with Crippen molar-refractivity contribution in [3.8, 4) is 5.75 Å². The number of benzene rings is 1. The van der Waals surface area contributed by atoms with E-state index in [0.29, 0.717) is 17.0 Å². The molecule has 0 radical (unpaired) electrons. The highest BCUT2D eigenvalue weighted by Gasteiger charge is 2.08. The average Bonchev–Trinajstić information content (AvgIpc) is 2.35. The fourth-order valence-corrected chi connectivity index (χ4v) is 2.05. The van der Waals surface area contributed by atoms with E-state index >= 15 is 0 Å². The number of methoxy groups -OCH3 is 1. The second-order valence-corrected chi connectivity index (χ2v) is 4.94. The maximum atomic E-state index is 11.8. The van der Waals surface area contributed by atoms with Gasteiger partial charge < -0.3 is 10.5 Å². The van der Waals surface area contributed by atoms with Gasteiger partial charge in [0.2, 0.25) is 5.91 Å². The van der Waals surface area contributed by atoms with E-state index in [1.807, 2.05) is 0 Å². The van der Waals surface area contributed by atoms with E-state index in [-0.39, 0.29) is 12.3 Å². The molecule has 1 rings (SSSR count). The zero-order valence-corrected chi connectivity index (χ0v) is 12.7. The summed E-state index contributed by atoms with van der Waals surface area (Å²) in [5, 5.41) is 3.80. The van der Waals surface area contributed by atoms with Gasteiger partial charge in [0.1, 0.15) is 5.75 Å². The van der Waals surface area contributed by atoms with Gasteiger partial charge in [0.05, 0.1) is 17.1 Å². The highest BCUT2D eigenvalue weighted by Crippen LogP contribution is 2.21. The first-order valence-corrected chi connectivity index (χ1v) is 6.47. The van der Waals surface area contributed by atoms with Gasteiger partial charge in [-0.2, -0.15) is 5.10 Å². The first-order chi connectivity index (χ1) is 8.93. The van der Waals surface area contributed by atoms with Crippen LogP contribution < -0.4 is 15.9 Å². The number of nitrogens with zero attached hydrogens (tertiary/aromatic N) is 1. The maximum absolute atomic E-state index is 11.8. The molecule has 3 N–H and O–H groups in total. The number of nitrogens with two attached hydrogens (primary N) is 1. The largest absolute Gasteiger partial charge is 0.496 e. The SMILES string of the molecule is COc1ccc(C(=O)N/N=C(\C)CC(N)=O)cc1I. The van der Waals surface area contributed by atoms with Crippen LogP contribution in [0.3, 0.4) is 0 Å². The molecule has 19 heavy (non-hydrogen) atoms. The Hall–Kier alpha value is -1.64. The van der Waals surface area contributed by atoms with Crippen LogP contribution in [0.15, 0.2) is 23.3 Å². The van der Waals surface area contributed by atoms with Crippen LogP contribution in [0, 0.1) is 3.57 Å². The lowest BCUT2D eigenvalue weighted by atomic mass is 10.2. The van der Waals surface area contributed by atoms with Crippen molar-refractivity contribution in [3.05, 3.63) is 27.3 Å². The normalized spacial score (nSPS) is 11.0. The summed E-state index contributed by atoms with van der Waals surface area (Å²) in [6.45, 7) is 1.61. The number of hydrogen-bond acceptors (Lipinski definition) is 4. The summed E-state index contributed by atoms with van der Waals surface area (Å²) < 4.78 is 5.93. The lowest BCUT2D eigenvalue weighted by molar-refractivity contribution is -0.116. The molecule has 2 amide bonds. The number of carbonyl (C=O) groups is 2. The van der Waals surface area contributed by atoms with Gasteiger partial charge in [0, 0.05) is 11.3 Å². The van der Waals surface area contributed by atoms with Crippen molar-refractivity contribution >= 4 is 40.1 Å². The number of hydrazone groups is 1. The van der Waals surface area contributed by atoms with Gasteiger partial charge in [-0.1, -0.05) is 0 Å². The molecule has 0 unspecified atom stereocenters. The maximum Gasteiger partial charge on any atom is 0.271 e. The number of primary amides is 1. The van der Waals surface area contributed by atoms with Crippen molar-refractivity contribution in [1.29, 1.82) is 0 Å². The van der Waals surface area contributed by atoms with Gasteiger partial charge in [0.25, 0.3) is 5.91 Å². The molecule has 0 aromatic heterocycles. The van der Waals surface area contributed by atoms with E-state index in [1.54, 1.807) is 32.2 Å². The van der Waals surface area contributed by atoms with Crippen LogP contribution in [0.5, 0.6) is 5.75 Å². The fourth-order valence-electron chi connectivity index (χ4n) is 1.31. The van der Waals surface area contributed by atoms with Crippen LogP contribution in [0.2, 0.25) is 0 Å². The molecule has 0 aliphatic heterocycles. The van der Waals surface area contributed by atoms with E-state index in [9.17, 15) is 9.59 Å². The minimum atomic E-state index is -0.491. The van der Waals surface area contributed by atoms with Crippen LogP contribution in [-0.2, 0) is 4.79 Å². The minimum absolute atomic E-state index is 0.0143. The number of hydrogen-bond donors (Lipinski definition) is 2. The molecule has 0 heterocycles. The predicted molar refractivity (Wildman–Crippen MR) is 80.1 cm³/mol. The second kappa shape index (κ2) is 7.07. The topological polar surface area (TPSA) is 93.8 Å².